The molecule has 6 nitrogen and oxygen atoms in total. The van der Waals surface area contributed by atoms with Gasteiger partial charge in [0, 0.05) is 12.1 Å². The summed E-state index contributed by atoms with van der Waals surface area (Å²) in [4.78, 5) is 14.3. The number of nitrogens with zero attached hydrogens (tertiary/aromatic N) is 2. The number of nitro benzene ring substituents is 1. The van der Waals surface area contributed by atoms with E-state index in [1.54, 1.807) is 12.1 Å². The molecular formula is C12H8Br2ClN3O3. The van der Waals surface area contributed by atoms with Gasteiger partial charge in [0.25, 0.3) is 5.69 Å². The number of benzene rings is 1. The second-order valence-electron chi connectivity index (χ2n) is 3.95. The first-order valence-corrected chi connectivity index (χ1v) is 7.52. The molecule has 1 aromatic heterocycles. The summed E-state index contributed by atoms with van der Waals surface area (Å²) < 4.78 is 6.50. The number of hydrogen-bond donors (Lipinski definition) is 1. The minimum atomic E-state index is -0.490. The number of aromatic nitrogens is 1. The summed E-state index contributed by atoms with van der Waals surface area (Å²) in [5.74, 6) is 0.751. The monoisotopic (exact) mass is 435 g/mol. The molecule has 0 amide bonds. The van der Waals surface area contributed by atoms with Crippen LogP contribution in [-0.4, -0.2) is 9.91 Å². The van der Waals surface area contributed by atoms with Gasteiger partial charge in [0.15, 0.2) is 0 Å². The average Bonchev–Trinajstić information content (AvgIpc) is 2.41. The van der Waals surface area contributed by atoms with Crippen LogP contribution in [0.25, 0.3) is 0 Å². The number of rotatable bonds is 4. The van der Waals surface area contributed by atoms with Crippen LogP contribution in [0.3, 0.4) is 0 Å². The average molecular weight is 437 g/mol. The van der Waals surface area contributed by atoms with Gasteiger partial charge in [0.05, 0.1) is 24.6 Å². The lowest BCUT2D eigenvalue weighted by Crippen LogP contribution is -2.03. The predicted molar refractivity (Wildman–Crippen MR) is 86.5 cm³/mol. The number of halogens is 3. The Kier molecular flexibility index (Phi) is 5.02. The van der Waals surface area contributed by atoms with Gasteiger partial charge in [0.2, 0.25) is 0 Å². The highest BCUT2D eigenvalue weighted by Gasteiger charge is 2.16. The van der Waals surface area contributed by atoms with Crippen LogP contribution in [0.5, 0.6) is 5.75 Å². The first-order valence-electron chi connectivity index (χ1n) is 5.55. The predicted octanol–water partition coefficient (Wildman–Crippen LogP) is 4.33. The molecule has 2 aromatic rings. The number of hydrogen-bond acceptors (Lipinski definition) is 5. The number of nitrogens with two attached hydrogens (primary N) is 1. The zero-order valence-electron chi connectivity index (χ0n) is 10.3. The molecule has 0 spiro atoms. The van der Waals surface area contributed by atoms with E-state index in [1.807, 2.05) is 0 Å². The Balaban J connectivity index is 2.24. The van der Waals surface area contributed by atoms with E-state index in [4.69, 9.17) is 22.1 Å². The minimum absolute atomic E-state index is 0.0544. The molecule has 2 N–H and O–H groups in total. The second kappa shape index (κ2) is 6.59. The first-order chi connectivity index (χ1) is 9.88. The van der Waals surface area contributed by atoms with Crippen LogP contribution in [0, 0.1) is 10.1 Å². The quantitative estimate of drug-likeness (QED) is 0.568. The van der Waals surface area contributed by atoms with Gasteiger partial charge in [-0.2, -0.15) is 0 Å². The largest absolute Gasteiger partial charge is 0.485 e. The zero-order chi connectivity index (χ0) is 15.6. The lowest BCUT2D eigenvalue weighted by molar-refractivity contribution is -0.385. The van der Waals surface area contributed by atoms with Crippen molar-refractivity contribution in [2.75, 3.05) is 5.73 Å². The molecule has 0 aliphatic carbocycles. The Morgan fingerprint density at radius 1 is 1.33 bits per heavy atom. The molecule has 2 rings (SSSR count). The van der Waals surface area contributed by atoms with Crippen LogP contribution < -0.4 is 10.5 Å². The van der Waals surface area contributed by atoms with Crippen LogP contribution >= 0.6 is 43.5 Å². The van der Waals surface area contributed by atoms with Gasteiger partial charge in [-0.3, -0.25) is 10.1 Å². The van der Waals surface area contributed by atoms with Crippen molar-refractivity contribution in [1.82, 2.24) is 4.98 Å². The summed E-state index contributed by atoms with van der Waals surface area (Å²) in [5, 5.41) is 11.2. The topological polar surface area (TPSA) is 91.3 Å². The molecule has 0 bridgehead atoms. The second-order valence-corrected chi connectivity index (χ2v) is 6.06. The number of ether oxygens (including phenoxy) is 1. The van der Waals surface area contributed by atoms with E-state index in [0.29, 0.717) is 31.2 Å². The van der Waals surface area contributed by atoms with Gasteiger partial charge < -0.3 is 10.5 Å². The van der Waals surface area contributed by atoms with E-state index < -0.39 is 4.92 Å². The third-order valence-corrected chi connectivity index (χ3v) is 4.01. The highest BCUT2D eigenvalue weighted by Crippen LogP contribution is 2.37. The van der Waals surface area contributed by atoms with Gasteiger partial charge in [-0.15, -0.1) is 0 Å². The van der Waals surface area contributed by atoms with Crippen molar-refractivity contribution >= 4 is 55.0 Å². The molecule has 9 heteroatoms. The van der Waals surface area contributed by atoms with Gasteiger partial charge in [0.1, 0.15) is 18.2 Å². The van der Waals surface area contributed by atoms with Crippen LogP contribution in [-0.2, 0) is 6.61 Å². The smallest absolute Gasteiger partial charge is 0.271 e. The molecule has 0 atom stereocenters. The van der Waals surface area contributed by atoms with Crippen molar-refractivity contribution < 1.29 is 9.66 Å². The lowest BCUT2D eigenvalue weighted by atomic mass is 10.3. The van der Waals surface area contributed by atoms with Crippen LogP contribution in [0.4, 0.5) is 11.5 Å². The van der Waals surface area contributed by atoms with E-state index in [2.05, 4.69) is 36.8 Å². The number of non-ortho nitro benzene ring substituents is 1. The molecule has 0 aliphatic rings. The molecule has 0 unspecified atom stereocenters. The number of nitro groups is 1. The van der Waals surface area contributed by atoms with Gasteiger partial charge in [-0.25, -0.2) is 4.98 Å². The van der Waals surface area contributed by atoms with Crippen molar-refractivity contribution in [3.8, 4) is 5.75 Å². The summed E-state index contributed by atoms with van der Waals surface area (Å²) in [5.41, 5.74) is 6.02. The molecule has 0 aliphatic heterocycles. The Morgan fingerprint density at radius 3 is 2.52 bits per heavy atom. The Hall–Kier alpha value is -1.38. The van der Waals surface area contributed by atoms with E-state index in [-0.39, 0.29) is 12.3 Å². The first kappa shape index (κ1) is 16.0. The van der Waals surface area contributed by atoms with Crippen molar-refractivity contribution in [1.29, 1.82) is 0 Å². The normalized spacial score (nSPS) is 10.4. The Morgan fingerprint density at radius 2 is 1.95 bits per heavy atom. The van der Waals surface area contributed by atoms with Crippen molar-refractivity contribution in [2.45, 2.75) is 6.61 Å². The summed E-state index contributed by atoms with van der Waals surface area (Å²) in [6, 6.07) is 5.93. The fraction of sp³-hybridized carbons (Fsp3) is 0.0833. The number of nitrogen functional groups attached to an aromatic ring is 1. The van der Waals surface area contributed by atoms with E-state index >= 15 is 0 Å². The Labute approximate surface area is 141 Å². The summed E-state index contributed by atoms with van der Waals surface area (Å²) in [6.07, 6.45) is 0. The third-order valence-electron chi connectivity index (χ3n) is 2.49. The van der Waals surface area contributed by atoms with Crippen LogP contribution in [0.2, 0.25) is 5.02 Å². The maximum atomic E-state index is 10.8. The zero-order valence-corrected chi connectivity index (χ0v) is 14.3. The minimum Gasteiger partial charge on any atom is -0.485 e. The fourth-order valence-corrected chi connectivity index (χ4v) is 3.08. The SMILES string of the molecule is Nc1ccc(Cl)c(COc2c(Br)cc([N+](=O)[O-])cc2Br)n1. The van der Waals surface area contributed by atoms with Crippen LogP contribution in [0.15, 0.2) is 33.2 Å². The molecule has 21 heavy (non-hydrogen) atoms. The summed E-state index contributed by atoms with van der Waals surface area (Å²) in [7, 11) is 0. The lowest BCUT2D eigenvalue weighted by Gasteiger charge is -2.11. The summed E-state index contributed by atoms with van der Waals surface area (Å²) in [6.45, 7) is 0.0822. The van der Waals surface area contributed by atoms with Gasteiger partial charge in [-0.05, 0) is 44.0 Å². The fourth-order valence-electron chi connectivity index (χ4n) is 1.53. The van der Waals surface area contributed by atoms with Gasteiger partial charge in [-0.1, -0.05) is 11.6 Å². The highest BCUT2D eigenvalue weighted by atomic mass is 79.9. The maximum Gasteiger partial charge on any atom is 0.271 e. The molecule has 0 saturated carbocycles. The number of pyridine rings is 1. The van der Waals surface area contributed by atoms with E-state index in [9.17, 15) is 10.1 Å². The third kappa shape index (κ3) is 3.84. The summed E-state index contributed by atoms with van der Waals surface area (Å²) >= 11 is 12.5. The number of anilines is 1. The molecule has 1 aromatic carbocycles. The van der Waals surface area contributed by atoms with Crippen LogP contribution in [0.1, 0.15) is 5.69 Å². The molecule has 110 valence electrons. The van der Waals surface area contributed by atoms with E-state index in [0.717, 1.165) is 0 Å². The standard InChI is InChI=1S/C12H8Br2ClN3O3/c13-7-3-6(18(19)20)4-8(14)12(7)21-5-10-9(15)1-2-11(16)17-10/h1-4H,5H2,(H2,16,17). The molecule has 0 fully saturated rings. The Bertz CT molecular complexity index is 689. The van der Waals surface area contributed by atoms with Crippen molar-refractivity contribution in [2.24, 2.45) is 0 Å². The van der Waals surface area contributed by atoms with Crippen molar-refractivity contribution in [3.05, 3.63) is 54.0 Å². The molecule has 1 heterocycles. The van der Waals surface area contributed by atoms with Crippen molar-refractivity contribution in [3.63, 3.8) is 0 Å². The molecular weight excluding hydrogens is 429 g/mol. The maximum absolute atomic E-state index is 10.8. The van der Waals surface area contributed by atoms with E-state index in [1.165, 1.54) is 12.1 Å². The highest BCUT2D eigenvalue weighted by molar-refractivity contribution is 9.11. The molecule has 0 radical (unpaired) electrons. The van der Waals surface area contributed by atoms with Gasteiger partial charge >= 0.3 is 0 Å². The molecule has 0 saturated heterocycles.